The molecular weight excluding hydrogens is 311 g/mol. The maximum atomic E-state index is 12.9. The van der Waals surface area contributed by atoms with Crippen molar-refractivity contribution in [2.24, 2.45) is 13.0 Å². The number of nitrogens with zero attached hydrogens (tertiary/aromatic N) is 2. The standard InChI is InChI=1S/C15H22F3N3O2/c1-10-5-3-4-6-12(10)23-8-7-19-14(22)11-9-20-21(2)13(11)15(16,17)18/h9-10,12H,3-8H2,1-2H3,(H,19,22). The lowest BCUT2D eigenvalue weighted by atomic mass is 9.88. The second-order valence-electron chi connectivity index (χ2n) is 5.96. The summed E-state index contributed by atoms with van der Waals surface area (Å²) >= 11 is 0. The van der Waals surface area contributed by atoms with Crippen LogP contribution >= 0.6 is 0 Å². The first kappa shape index (κ1) is 17.8. The van der Waals surface area contributed by atoms with E-state index >= 15 is 0 Å². The molecule has 2 unspecified atom stereocenters. The van der Waals surface area contributed by atoms with Gasteiger partial charge in [-0.25, -0.2) is 0 Å². The van der Waals surface area contributed by atoms with Crippen LogP contribution in [0.3, 0.4) is 0 Å². The van der Waals surface area contributed by atoms with Crippen LogP contribution in [0.15, 0.2) is 6.20 Å². The summed E-state index contributed by atoms with van der Waals surface area (Å²) in [5.74, 6) is -0.305. The third kappa shape index (κ3) is 4.46. The molecule has 130 valence electrons. The van der Waals surface area contributed by atoms with Gasteiger partial charge >= 0.3 is 6.18 Å². The second kappa shape index (κ2) is 7.33. The fourth-order valence-electron chi connectivity index (χ4n) is 2.94. The number of alkyl halides is 3. The summed E-state index contributed by atoms with van der Waals surface area (Å²) in [5, 5.41) is 5.98. The van der Waals surface area contributed by atoms with Crippen molar-refractivity contribution in [2.45, 2.75) is 44.9 Å². The summed E-state index contributed by atoms with van der Waals surface area (Å²) in [7, 11) is 1.16. The molecule has 1 N–H and O–H groups in total. The van der Waals surface area contributed by atoms with Crippen molar-refractivity contribution in [3.05, 3.63) is 17.5 Å². The predicted molar refractivity (Wildman–Crippen MR) is 77.9 cm³/mol. The lowest BCUT2D eigenvalue weighted by Gasteiger charge is -2.28. The zero-order chi connectivity index (χ0) is 17.0. The average Bonchev–Trinajstić information content (AvgIpc) is 2.87. The molecule has 1 fully saturated rings. The Balaban J connectivity index is 1.84. The van der Waals surface area contributed by atoms with Crippen LogP contribution in [0, 0.1) is 5.92 Å². The van der Waals surface area contributed by atoms with Crippen molar-refractivity contribution in [2.75, 3.05) is 13.2 Å². The minimum atomic E-state index is -4.62. The first-order valence-electron chi connectivity index (χ1n) is 7.79. The summed E-state index contributed by atoms with van der Waals surface area (Å²) < 4.78 is 45.1. The fourth-order valence-corrected chi connectivity index (χ4v) is 2.94. The minimum Gasteiger partial charge on any atom is -0.376 e. The predicted octanol–water partition coefficient (Wildman–Crippen LogP) is 2.76. The van der Waals surface area contributed by atoms with Crippen molar-refractivity contribution >= 4 is 5.91 Å². The molecule has 0 saturated heterocycles. The van der Waals surface area contributed by atoms with E-state index in [1.165, 1.54) is 6.42 Å². The molecule has 1 amide bonds. The number of carbonyl (C=O) groups is 1. The molecule has 1 aromatic rings. The molecular formula is C15H22F3N3O2. The Morgan fingerprint density at radius 2 is 2.13 bits per heavy atom. The number of rotatable bonds is 5. The Hall–Kier alpha value is -1.57. The van der Waals surface area contributed by atoms with Crippen LogP contribution < -0.4 is 5.32 Å². The Morgan fingerprint density at radius 1 is 1.43 bits per heavy atom. The van der Waals surface area contributed by atoms with Gasteiger partial charge in [-0.05, 0) is 18.8 Å². The van der Waals surface area contributed by atoms with Gasteiger partial charge in [-0.2, -0.15) is 18.3 Å². The van der Waals surface area contributed by atoms with E-state index in [-0.39, 0.29) is 12.6 Å². The van der Waals surface area contributed by atoms with Crippen molar-refractivity contribution in [1.29, 1.82) is 0 Å². The number of aryl methyl sites for hydroxylation is 1. The zero-order valence-electron chi connectivity index (χ0n) is 13.3. The Bertz CT molecular complexity index is 543. The monoisotopic (exact) mass is 333 g/mol. The van der Waals surface area contributed by atoms with Gasteiger partial charge < -0.3 is 10.1 Å². The van der Waals surface area contributed by atoms with Crippen LogP contribution in [0.25, 0.3) is 0 Å². The van der Waals surface area contributed by atoms with E-state index in [0.29, 0.717) is 17.2 Å². The molecule has 1 saturated carbocycles. The van der Waals surface area contributed by atoms with Crippen LogP contribution in [0.5, 0.6) is 0 Å². The molecule has 2 atom stereocenters. The van der Waals surface area contributed by atoms with Crippen molar-refractivity contribution in [3.8, 4) is 0 Å². The van der Waals surface area contributed by atoms with E-state index in [1.807, 2.05) is 0 Å². The summed E-state index contributed by atoms with van der Waals surface area (Å²) in [6.45, 7) is 2.60. The Labute approximate surface area is 133 Å². The van der Waals surface area contributed by atoms with Crippen LogP contribution in [-0.4, -0.2) is 34.9 Å². The number of hydrogen-bond acceptors (Lipinski definition) is 3. The molecule has 0 bridgehead atoms. The molecule has 8 heteroatoms. The third-order valence-electron chi connectivity index (χ3n) is 4.20. The quantitative estimate of drug-likeness (QED) is 0.843. The molecule has 1 heterocycles. The van der Waals surface area contributed by atoms with Crippen molar-refractivity contribution in [1.82, 2.24) is 15.1 Å². The number of nitrogens with one attached hydrogen (secondary N) is 1. The summed E-state index contributed by atoms with van der Waals surface area (Å²) in [6, 6.07) is 0. The van der Waals surface area contributed by atoms with E-state index in [0.717, 1.165) is 32.5 Å². The Morgan fingerprint density at radius 3 is 2.78 bits per heavy atom. The molecule has 23 heavy (non-hydrogen) atoms. The molecule has 5 nitrogen and oxygen atoms in total. The smallest absolute Gasteiger partial charge is 0.376 e. The summed E-state index contributed by atoms with van der Waals surface area (Å²) in [6.07, 6.45) is 0.946. The molecule has 0 aromatic carbocycles. The minimum absolute atomic E-state index is 0.171. The number of amides is 1. The largest absolute Gasteiger partial charge is 0.433 e. The molecule has 1 aromatic heterocycles. The van der Waals surface area contributed by atoms with Crippen molar-refractivity contribution < 1.29 is 22.7 Å². The van der Waals surface area contributed by atoms with Crippen LogP contribution in [0.1, 0.15) is 48.7 Å². The van der Waals surface area contributed by atoms with Crippen LogP contribution in [0.2, 0.25) is 0 Å². The molecule has 1 aliphatic carbocycles. The molecule has 0 radical (unpaired) electrons. The number of hydrogen-bond donors (Lipinski definition) is 1. The lowest BCUT2D eigenvalue weighted by Crippen LogP contribution is -2.32. The highest BCUT2D eigenvalue weighted by molar-refractivity contribution is 5.95. The Kier molecular flexibility index (Phi) is 5.67. The van der Waals surface area contributed by atoms with E-state index in [2.05, 4.69) is 17.3 Å². The fraction of sp³-hybridized carbons (Fsp3) is 0.733. The molecule has 1 aliphatic rings. The van der Waals surface area contributed by atoms with E-state index in [9.17, 15) is 18.0 Å². The van der Waals surface area contributed by atoms with Crippen LogP contribution in [0.4, 0.5) is 13.2 Å². The highest BCUT2D eigenvalue weighted by atomic mass is 19.4. The molecule has 0 aliphatic heterocycles. The lowest BCUT2D eigenvalue weighted by molar-refractivity contribution is -0.144. The normalized spacial score (nSPS) is 22.1. The maximum Gasteiger partial charge on any atom is 0.433 e. The second-order valence-corrected chi connectivity index (χ2v) is 5.96. The van der Waals surface area contributed by atoms with Gasteiger partial charge in [0.05, 0.1) is 24.5 Å². The SMILES string of the molecule is CC1CCCCC1OCCNC(=O)c1cnn(C)c1C(F)(F)F. The van der Waals surface area contributed by atoms with Gasteiger partial charge in [0.25, 0.3) is 5.91 Å². The van der Waals surface area contributed by atoms with Crippen molar-refractivity contribution in [3.63, 3.8) is 0 Å². The maximum absolute atomic E-state index is 12.9. The summed E-state index contributed by atoms with van der Waals surface area (Å²) in [5.41, 5.74) is -1.51. The van der Waals surface area contributed by atoms with E-state index in [4.69, 9.17) is 4.74 Å². The summed E-state index contributed by atoms with van der Waals surface area (Å²) in [4.78, 5) is 11.9. The van der Waals surface area contributed by atoms with Gasteiger partial charge in [-0.15, -0.1) is 0 Å². The van der Waals surface area contributed by atoms with E-state index < -0.39 is 23.3 Å². The van der Waals surface area contributed by atoms with Gasteiger partial charge in [-0.1, -0.05) is 19.8 Å². The molecule has 2 rings (SSSR count). The first-order valence-corrected chi connectivity index (χ1v) is 7.79. The topological polar surface area (TPSA) is 56.1 Å². The molecule has 0 spiro atoms. The van der Waals surface area contributed by atoms with Gasteiger partial charge in [0.1, 0.15) is 0 Å². The van der Waals surface area contributed by atoms with Gasteiger partial charge in [-0.3, -0.25) is 9.48 Å². The third-order valence-corrected chi connectivity index (χ3v) is 4.20. The number of ether oxygens (including phenoxy) is 1. The first-order chi connectivity index (χ1) is 10.8. The highest BCUT2D eigenvalue weighted by Gasteiger charge is 2.39. The number of aromatic nitrogens is 2. The van der Waals surface area contributed by atoms with Gasteiger partial charge in [0.2, 0.25) is 0 Å². The van der Waals surface area contributed by atoms with E-state index in [1.54, 1.807) is 0 Å². The van der Waals surface area contributed by atoms with Gasteiger partial charge in [0.15, 0.2) is 5.69 Å². The number of carbonyl (C=O) groups excluding carboxylic acids is 1. The zero-order valence-corrected chi connectivity index (χ0v) is 13.3. The number of halogens is 3. The average molecular weight is 333 g/mol. The highest BCUT2D eigenvalue weighted by Crippen LogP contribution is 2.31. The van der Waals surface area contributed by atoms with Gasteiger partial charge in [0, 0.05) is 13.6 Å². The van der Waals surface area contributed by atoms with Crippen LogP contribution in [-0.2, 0) is 18.0 Å².